The minimum Gasteiger partial charge on any atom is -0.384 e. The summed E-state index contributed by atoms with van der Waals surface area (Å²) in [5.41, 5.74) is 2.11. The van der Waals surface area contributed by atoms with Crippen molar-refractivity contribution in [1.82, 2.24) is 4.90 Å². The lowest BCUT2D eigenvalue weighted by atomic mass is 9.97. The van der Waals surface area contributed by atoms with Gasteiger partial charge in [0.25, 0.3) is 0 Å². The molecule has 0 bridgehead atoms. The normalized spacial score (nSPS) is 17.3. The summed E-state index contributed by atoms with van der Waals surface area (Å²) < 4.78 is 5.20. The number of rotatable bonds is 6. The fourth-order valence-corrected chi connectivity index (χ4v) is 2.77. The molecule has 2 rings (SSSR count). The molecule has 1 aliphatic heterocycles. The molecule has 3 heteroatoms. The first-order valence-electron chi connectivity index (χ1n) is 7.56. The van der Waals surface area contributed by atoms with Crippen molar-refractivity contribution < 1.29 is 9.53 Å². The van der Waals surface area contributed by atoms with Crippen LogP contribution in [0, 0.1) is 5.92 Å². The maximum absolute atomic E-state index is 12.3. The third kappa shape index (κ3) is 4.15. The highest BCUT2D eigenvalue weighted by atomic mass is 16.5. The number of ether oxygens (including phenoxy) is 1. The van der Waals surface area contributed by atoms with E-state index >= 15 is 0 Å². The SMILES string of the molecule is CCc1ccc(C(=O)CN2CCC(COC)CC2)cc1. The predicted octanol–water partition coefficient (Wildman–Crippen LogP) is 2.79. The van der Waals surface area contributed by atoms with Crippen LogP contribution in [0.1, 0.15) is 35.7 Å². The van der Waals surface area contributed by atoms with Crippen LogP contribution in [0.3, 0.4) is 0 Å². The number of likely N-dealkylation sites (tertiary alicyclic amines) is 1. The van der Waals surface area contributed by atoms with Gasteiger partial charge in [-0.25, -0.2) is 0 Å². The third-order valence-corrected chi connectivity index (χ3v) is 4.16. The highest BCUT2D eigenvalue weighted by Gasteiger charge is 2.21. The number of ketones is 1. The highest BCUT2D eigenvalue weighted by Crippen LogP contribution is 2.17. The van der Waals surface area contributed by atoms with Gasteiger partial charge in [0.2, 0.25) is 0 Å². The molecule has 0 amide bonds. The maximum Gasteiger partial charge on any atom is 0.176 e. The summed E-state index contributed by atoms with van der Waals surface area (Å²) in [6.07, 6.45) is 3.28. The molecule has 1 fully saturated rings. The summed E-state index contributed by atoms with van der Waals surface area (Å²) in [7, 11) is 1.76. The van der Waals surface area contributed by atoms with Crippen LogP contribution in [0.4, 0.5) is 0 Å². The fraction of sp³-hybridized carbons (Fsp3) is 0.588. The van der Waals surface area contributed by atoms with Gasteiger partial charge in [-0.1, -0.05) is 31.2 Å². The molecule has 110 valence electrons. The van der Waals surface area contributed by atoms with Crippen LogP contribution in [-0.2, 0) is 11.2 Å². The Morgan fingerprint density at radius 3 is 2.45 bits per heavy atom. The monoisotopic (exact) mass is 275 g/mol. The van der Waals surface area contributed by atoms with E-state index in [2.05, 4.69) is 24.0 Å². The molecule has 0 aliphatic carbocycles. The average molecular weight is 275 g/mol. The van der Waals surface area contributed by atoms with E-state index in [0.717, 1.165) is 44.5 Å². The maximum atomic E-state index is 12.3. The first-order chi connectivity index (χ1) is 9.72. The van der Waals surface area contributed by atoms with Gasteiger partial charge in [0.1, 0.15) is 0 Å². The van der Waals surface area contributed by atoms with Crippen molar-refractivity contribution >= 4 is 5.78 Å². The van der Waals surface area contributed by atoms with Crippen LogP contribution in [-0.4, -0.2) is 44.0 Å². The van der Waals surface area contributed by atoms with Crippen LogP contribution in [0.5, 0.6) is 0 Å². The van der Waals surface area contributed by atoms with Crippen molar-refractivity contribution in [3.05, 3.63) is 35.4 Å². The van der Waals surface area contributed by atoms with Crippen molar-refractivity contribution in [2.45, 2.75) is 26.2 Å². The first kappa shape index (κ1) is 15.2. The summed E-state index contributed by atoms with van der Waals surface area (Å²) in [5.74, 6) is 0.896. The first-order valence-corrected chi connectivity index (χ1v) is 7.56. The van der Waals surface area contributed by atoms with Gasteiger partial charge < -0.3 is 4.74 Å². The Balaban J connectivity index is 1.82. The highest BCUT2D eigenvalue weighted by molar-refractivity contribution is 5.97. The molecule has 3 nitrogen and oxygen atoms in total. The second kappa shape index (κ2) is 7.55. The molecule has 20 heavy (non-hydrogen) atoms. The lowest BCUT2D eigenvalue weighted by Crippen LogP contribution is -2.38. The number of hydrogen-bond acceptors (Lipinski definition) is 3. The van der Waals surface area contributed by atoms with Crippen molar-refractivity contribution in [2.75, 3.05) is 33.4 Å². The predicted molar refractivity (Wildman–Crippen MR) is 81.2 cm³/mol. The zero-order valence-corrected chi connectivity index (χ0v) is 12.6. The largest absolute Gasteiger partial charge is 0.384 e. The quantitative estimate of drug-likeness (QED) is 0.748. The van der Waals surface area contributed by atoms with E-state index in [4.69, 9.17) is 4.74 Å². The summed E-state index contributed by atoms with van der Waals surface area (Å²) in [6, 6.07) is 8.02. The lowest BCUT2D eigenvalue weighted by molar-refractivity contribution is 0.0810. The van der Waals surface area contributed by atoms with Gasteiger partial charge in [-0.05, 0) is 43.8 Å². The Bertz CT molecular complexity index is 419. The topological polar surface area (TPSA) is 29.5 Å². The molecular formula is C17H25NO2. The van der Waals surface area contributed by atoms with Gasteiger partial charge in [-0.2, -0.15) is 0 Å². The Morgan fingerprint density at radius 2 is 1.90 bits per heavy atom. The average Bonchev–Trinajstić information content (AvgIpc) is 2.49. The van der Waals surface area contributed by atoms with E-state index in [0.29, 0.717) is 12.5 Å². The standard InChI is InChI=1S/C17H25NO2/c1-3-14-4-6-16(7-5-14)17(19)12-18-10-8-15(9-11-18)13-20-2/h4-7,15H,3,8-13H2,1-2H3. The minimum absolute atomic E-state index is 0.234. The number of carbonyl (C=O) groups is 1. The Kier molecular flexibility index (Phi) is 5.74. The van der Waals surface area contributed by atoms with Crippen molar-refractivity contribution in [2.24, 2.45) is 5.92 Å². The Morgan fingerprint density at radius 1 is 1.25 bits per heavy atom. The van der Waals surface area contributed by atoms with E-state index < -0.39 is 0 Å². The zero-order valence-electron chi connectivity index (χ0n) is 12.6. The molecular weight excluding hydrogens is 250 g/mol. The number of benzene rings is 1. The zero-order chi connectivity index (χ0) is 14.4. The fourth-order valence-electron chi connectivity index (χ4n) is 2.77. The molecule has 0 spiro atoms. The van der Waals surface area contributed by atoms with E-state index in [1.54, 1.807) is 7.11 Å². The molecule has 0 radical (unpaired) electrons. The molecule has 1 aromatic carbocycles. The molecule has 0 unspecified atom stereocenters. The summed E-state index contributed by atoms with van der Waals surface area (Å²) >= 11 is 0. The smallest absolute Gasteiger partial charge is 0.176 e. The molecule has 0 aromatic heterocycles. The number of nitrogens with zero attached hydrogens (tertiary/aromatic N) is 1. The summed E-state index contributed by atoms with van der Waals surface area (Å²) in [5, 5.41) is 0. The van der Waals surface area contributed by atoms with Crippen LogP contribution in [0.25, 0.3) is 0 Å². The van der Waals surface area contributed by atoms with E-state index in [-0.39, 0.29) is 5.78 Å². The van der Waals surface area contributed by atoms with Crippen LogP contribution in [0.2, 0.25) is 0 Å². The van der Waals surface area contributed by atoms with Gasteiger partial charge in [0.05, 0.1) is 6.54 Å². The van der Waals surface area contributed by atoms with Crippen LogP contribution in [0.15, 0.2) is 24.3 Å². The molecule has 1 saturated heterocycles. The summed E-state index contributed by atoms with van der Waals surface area (Å²) in [6.45, 7) is 5.53. The second-order valence-electron chi connectivity index (χ2n) is 5.65. The molecule has 1 heterocycles. The molecule has 1 aliphatic rings. The Hall–Kier alpha value is -1.19. The van der Waals surface area contributed by atoms with Crippen molar-refractivity contribution in [3.63, 3.8) is 0 Å². The van der Waals surface area contributed by atoms with Gasteiger partial charge in [-0.15, -0.1) is 0 Å². The van der Waals surface area contributed by atoms with Gasteiger partial charge in [0, 0.05) is 19.3 Å². The minimum atomic E-state index is 0.234. The van der Waals surface area contributed by atoms with E-state index in [9.17, 15) is 4.79 Å². The Labute approximate surface area is 121 Å². The lowest BCUT2D eigenvalue weighted by Gasteiger charge is -2.31. The number of Topliss-reactive ketones (excluding diaryl/α,β-unsaturated/α-hetero) is 1. The van der Waals surface area contributed by atoms with Crippen molar-refractivity contribution in [3.8, 4) is 0 Å². The number of aryl methyl sites for hydroxylation is 1. The molecule has 1 aromatic rings. The molecule has 0 atom stereocenters. The second-order valence-corrected chi connectivity index (χ2v) is 5.65. The van der Waals surface area contributed by atoms with Gasteiger partial charge in [-0.3, -0.25) is 9.69 Å². The van der Waals surface area contributed by atoms with Gasteiger partial charge in [0.15, 0.2) is 5.78 Å². The van der Waals surface area contributed by atoms with Crippen LogP contribution < -0.4 is 0 Å². The van der Waals surface area contributed by atoms with Crippen molar-refractivity contribution in [1.29, 1.82) is 0 Å². The molecule has 0 saturated carbocycles. The number of carbonyl (C=O) groups excluding carboxylic acids is 1. The third-order valence-electron chi connectivity index (χ3n) is 4.16. The number of piperidine rings is 1. The molecule has 0 N–H and O–H groups in total. The number of methoxy groups -OCH3 is 1. The number of hydrogen-bond donors (Lipinski definition) is 0. The van der Waals surface area contributed by atoms with E-state index in [1.165, 1.54) is 5.56 Å². The summed E-state index contributed by atoms with van der Waals surface area (Å²) in [4.78, 5) is 14.5. The van der Waals surface area contributed by atoms with E-state index in [1.807, 2.05) is 12.1 Å². The van der Waals surface area contributed by atoms with Gasteiger partial charge >= 0.3 is 0 Å². The van der Waals surface area contributed by atoms with Crippen LogP contribution >= 0.6 is 0 Å².